The molecule has 0 bridgehead atoms. The van der Waals surface area contributed by atoms with Gasteiger partial charge in [0.2, 0.25) is 5.78 Å². The summed E-state index contributed by atoms with van der Waals surface area (Å²) in [5.41, 5.74) is 4.51. The second-order valence-electron chi connectivity index (χ2n) is 15.9. The minimum absolute atomic E-state index is 0.00445. The number of rotatable bonds is 4. The Morgan fingerprint density at radius 1 is 0.976 bits per heavy atom. The fourth-order valence-corrected chi connectivity index (χ4v) is 10.3. The number of hydrogen-bond donors (Lipinski definition) is 1. The van der Waals surface area contributed by atoms with Crippen LogP contribution in [0.2, 0.25) is 0 Å². The van der Waals surface area contributed by atoms with Crippen molar-refractivity contribution in [2.75, 3.05) is 26.2 Å². The van der Waals surface area contributed by atoms with Gasteiger partial charge in [-0.05, 0) is 117 Å². The highest BCUT2D eigenvalue weighted by Crippen LogP contribution is 2.75. The van der Waals surface area contributed by atoms with E-state index in [1.165, 1.54) is 37.7 Å². The molecule has 224 valence electrons. The first-order chi connectivity index (χ1) is 19.2. The number of nitrogens with zero attached hydrogens (tertiary/aromatic N) is 1. The number of esters is 1. The van der Waals surface area contributed by atoms with Crippen LogP contribution in [0.15, 0.2) is 46.3 Å². The molecule has 0 aromatic rings. The van der Waals surface area contributed by atoms with Gasteiger partial charge < -0.3 is 9.84 Å². The van der Waals surface area contributed by atoms with E-state index >= 15 is 0 Å². The number of hydrogen-bond acceptors (Lipinski definition) is 5. The van der Waals surface area contributed by atoms with E-state index < -0.39 is 0 Å². The van der Waals surface area contributed by atoms with Gasteiger partial charge in [0.25, 0.3) is 0 Å². The minimum Gasteiger partial charge on any atom is -0.504 e. The number of likely N-dealkylation sites (tertiary alicyclic amines) is 1. The smallest absolute Gasteiger partial charge is 0.320 e. The van der Waals surface area contributed by atoms with E-state index in [0.29, 0.717) is 30.1 Å². The van der Waals surface area contributed by atoms with Crippen LogP contribution in [-0.2, 0) is 14.3 Å². The van der Waals surface area contributed by atoms with Gasteiger partial charge in [0.1, 0.15) is 0 Å². The molecule has 0 aromatic carbocycles. The van der Waals surface area contributed by atoms with Crippen LogP contribution in [0.5, 0.6) is 0 Å². The first-order valence-corrected chi connectivity index (χ1v) is 16.2. The lowest BCUT2D eigenvalue weighted by Crippen LogP contribution is -2.62. The van der Waals surface area contributed by atoms with Crippen LogP contribution in [0.4, 0.5) is 0 Å². The second kappa shape index (κ2) is 9.69. The molecular weight excluding hydrogens is 510 g/mol. The number of aliphatic hydroxyl groups is 1. The van der Waals surface area contributed by atoms with Crippen molar-refractivity contribution in [2.45, 2.75) is 106 Å². The molecule has 5 heteroatoms. The molecule has 0 amide bonds. The maximum absolute atomic E-state index is 12.8. The molecule has 0 spiro atoms. The zero-order valence-corrected chi connectivity index (χ0v) is 26.3. The third kappa shape index (κ3) is 4.34. The molecule has 41 heavy (non-hydrogen) atoms. The van der Waals surface area contributed by atoms with E-state index in [1.807, 2.05) is 6.92 Å². The summed E-state index contributed by atoms with van der Waals surface area (Å²) in [6, 6.07) is 0. The van der Waals surface area contributed by atoms with Gasteiger partial charge >= 0.3 is 5.97 Å². The first-order valence-electron chi connectivity index (χ1n) is 16.2. The number of fused-ring (bicyclic) bond motifs is 7. The summed E-state index contributed by atoms with van der Waals surface area (Å²) >= 11 is 0. The molecule has 1 N–H and O–H groups in total. The van der Waals surface area contributed by atoms with Crippen molar-refractivity contribution < 1.29 is 19.4 Å². The predicted molar refractivity (Wildman–Crippen MR) is 162 cm³/mol. The van der Waals surface area contributed by atoms with Gasteiger partial charge in [-0.15, -0.1) is 0 Å². The number of ether oxygens (including phenoxy) is 1. The van der Waals surface area contributed by atoms with Crippen molar-refractivity contribution in [1.82, 2.24) is 4.90 Å². The standard InChI is InChI=1S/C36H51NO4/c1-24-25-10-11-28-34(4,26(25)20-27(38)31(24)40)15-17-36(6)29-21-32(2,12-13-33(29,3)14-16-35(28,36)5)23-41-30(39)22-37-18-8-7-9-19-37/h10-11,20,29,40H,7-9,12-19,21-23H2,1-6H3/t29?,32-,33-,34+,35-,36?/m1/s1. The number of allylic oxidation sites excluding steroid dienone is 7. The summed E-state index contributed by atoms with van der Waals surface area (Å²) in [5.74, 6) is 0.107. The average Bonchev–Trinajstić information content (AvgIpc) is 2.94. The lowest BCUT2D eigenvalue weighted by atomic mass is 9.34. The Kier molecular flexibility index (Phi) is 6.84. The Balaban J connectivity index is 1.27. The van der Waals surface area contributed by atoms with Gasteiger partial charge in [0.05, 0.1) is 13.2 Å². The Labute approximate surface area is 247 Å². The van der Waals surface area contributed by atoms with Crippen LogP contribution in [0, 0.1) is 33.0 Å². The lowest BCUT2D eigenvalue weighted by molar-refractivity contribution is -0.173. The van der Waals surface area contributed by atoms with Crippen LogP contribution in [0.25, 0.3) is 0 Å². The maximum Gasteiger partial charge on any atom is 0.320 e. The monoisotopic (exact) mass is 561 g/mol. The van der Waals surface area contributed by atoms with Crippen molar-refractivity contribution in [3.8, 4) is 0 Å². The van der Waals surface area contributed by atoms with Crippen molar-refractivity contribution >= 4 is 11.8 Å². The molecule has 6 aliphatic rings. The van der Waals surface area contributed by atoms with Crippen molar-refractivity contribution in [1.29, 1.82) is 0 Å². The summed E-state index contributed by atoms with van der Waals surface area (Å²) in [5, 5.41) is 10.4. The molecule has 0 aromatic heterocycles. The topological polar surface area (TPSA) is 66.8 Å². The van der Waals surface area contributed by atoms with Gasteiger partial charge in [-0.3, -0.25) is 14.5 Å². The SMILES string of the molecule is CC1=C(O)C(=O)C=C2C1=CC=C1[C@@]2(C)CCC2(C)C3C[C@](C)(COC(=O)CN4CCCCC4)CC[C@]3(C)CC[C@]12C. The van der Waals surface area contributed by atoms with E-state index in [9.17, 15) is 14.7 Å². The quantitative estimate of drug-likeness (QED) is 0.357. The Hall–Kier alpha value is -2.14. The molecule has 6 rings (SSSR count). The van der Waals surface area contributed by atoms with Gasteiger partial charge in [-0.25, -0.2) is 0 Å². The molecule has 1 heterocycles. The third-order valence-corrected chi connectivity index (χ3v) is 13.3. The van der Waals surface area contributed by atoms with Gasteiger partial charge in [-0.1, -0.05) is 58.8 Å². The molecule has 3 saturated carbocycles. The van der Waals surface area contributed by atoms with E-state index in [1.54, 1.807) is 6.08 Å². The van der Waals surface area contributed by atoms with E-state index in [0.717, 1.165) is 56.3 Å². The number of aliphatic hydroxyl groups excluding tert-OH is 1. The first kappa shape index (κ1) is 29.0. The van der Waals surface area contributed by atoms with Gasteiger partial charge in [0, 0.05) is 16.4 Å². The van der Waals surface area contributed by atoms with Crippen LogP contribution in [0.1, 0.15) is 106 Å². The molecule has 1 saturated heterocycles. The molecule has 6 atom stereocenters. The third-order valence-electron chi connectivity index (χ3n) is 13.3. The molecule has 5 aliphatic carbocycles. The van der Waals surface area contributed by atoms with Crippen LogP contribution < -0.4 is 0 Å². The summed E-state index contributed by atoms with van der Waals surface area (Å²) in [7, 11) is 0. The highest BCUT2D eigenvalue weighted by Gasteiger charge is 2.66. The van der Waals surface area contributed by atoms with Gasteiger partial charge in [0.15, 0.2) is 5.76 Å². The average molecular weight is 562 g/mol. The summed E-state index contributed by atoms with van der Waals surface area (Å²) < 4.78 is 6.02. The molecule has 1 aliphatic heterocycles. The van der Waals surface area contributed by atoms with Crippen LogP contribution in [-0.4, -0.2) is 48.0 Å². The summed E-state index contributed by atoms with van der Waals surface area (Å²) in [4.78, 5) is 27.8. The molecule has 4 fully saturated rings. The fourth-order valence-electron chi connectivity index (χ4n) is 10.3. The number of piperidine rings is 1. The van der Waals surface area contributed by atoms with E-state index in [2.05, 4.69) is 51.7 Å². The summed E-state index contributed by atoms with van der Waals surface area (Å²) in [6.07, 6.45) is 17.7. The van der Waals surface area contributed by atoms with Crippen LogP contribution >= 0.6 is 0 Å². The lowest BCUT2D eigenvalue weighted by Gasteiger charge is -2.70. The number of ketones is 1. The number of carbonyl (C=O) groups is 2. The Morgan fingerprint density at radius 2 is 1.68 bits per heavy atom. The van der Waals surface area contributed by atoms with Crippen molar-refractivity contribution in [3.05, 3.63) is 46.3 Å². The van der Waals surface area contributed by atoms with Crippen molar-refractivity contribution in [3.63, 3.8) is 0 Å². The van der Waals surface area contributed by atoms with E-state index in [4.69, 9.17) is 4.74 Å². The maximum atomic E-state index is 12.8. The highest BCUT2D eigenvalue weighted by atomic mass is 16.5. The fraction of sp³-hybridized carbons (Fsp3) is 0.722. The normalized spacial score (nSPS) is 42.6. The number of carbonyl (C=O) groups excluding carboxylic acids is 2. The molecule has 0 radical (unpaired) electrons. The second-order valence-corrected chi connectivity index (χ2v) is 15.9. The largest absolute Gasteiger partial charge is 0.504 e. The van der Waals surface area contributed by atoms with Crippen LogP contribution in [0.3, 0.4) is 0 Å². The molecular formula is C36H51NO4. The molecule has 5 nitrogen and oxygen atoms in total. The Morgan fingerprint density at radius 3 is 2.41 bits per heavy atom. The predicted octanol–water partition coefficient (Wildman–Crippen LogP) is 7.64. The van der Waals surface area contributed by atoms with Gasteiger partial charge in [-0.2, -0.15) is 0 Å². The van der Waals surface area contributed by atoms with Crippen molar-refractivity contribution in [2.24, 2.45) is 33.0 Å². The Bertz CT molecular complexity index is 1280. The zero-order chi connectivity index (χ0) is 29.4. The minimum atomic E-state index is -0.260. The zero-order valence-electron chi connectivity index (χ0n) is 26.3. The molecule has 2 unspecified atom stereocenters. The van der Waals surface area contributed by atoms with E-state index in [-0.39, 0.29) is 39.2 Å². The summed E-state index contributed by atoms with van der Waals surface area (Å²) in [6.45, 7) is 17.1. The highest BCUT2D eigenvalue weighted by molar-refractivity contribution is 6.06.